The van der Waals surface area contributed by atoms with Gasteiger partial charge in [0, 0.05) is 18.7 Å². The Morgan fingerprint density at radius 1 is 1.42 bits per heavy atom. The molecule has 2 heterocycles. The number of carbonyl (C=O) groups excluding carboxylic acids is 1. The van der Waals surface area contributed by atoms with Crippen LogP contribution in [0, 0.1) is 0 Å². The minimum absolute atomic E-state index is 0.212. The molecule has 0 aromatic rings. The molecule has 0 bridgehead atoms. The van der Waals surface area contributed by atoms with Crippen molar-refractivity contribution in [2.75, 3.05) is 19.5 Å². The van der Waals surface area contributed by atoms with E-state index in [0.717, 1.165) is 11.7 Å². The second kappa shape index (κ2) is 8.09. The van der Waals surface area contributed by atoms with Crippen molar-refractivity contribution in [3.8, 4) is 0 Å². The summed E-state index contributed by atoms with van der Waals surface area (Å²) in [6.45, 7) is 10.3. The van der Waals surface area contributed by atoms with Gasteiger partial charge in [-0.05, 0) is 32.3 Å². The lowest BCUT2D eigenvalue weighted by molar-refractivity contribution is -0.117. The lowest BCUT2D eigenvalue weighted by Crippen LogP contribution is -2.43. The fourth-order valence-electron chi connectivity index (χ4n) is 2.99. The van der Waals surface area contributed by atoms with Crippen molar-refractivity contribution >= 4 is 24.9 Å². The third kappa shape index (κ3) is 4.86. The summed E-state index contributed by atoms with van der Waals surface area (Å²) in [5.74, 6) is 0.582. The van der Waals surface area contributed by atoms with Gasteiger partial charge in [0.15, 0.2) is 6.23 Å². The Morgan fingerprint density at radius 3 is 2.62 bits per heavy atom. The average Bonchev–Trinajstić information content (AvgIpc) is 2.80. The summed E-state index contributed by atoms with van der Waals surface area (Å²) in [6.07, 6.45) is 4.82. The molecule has 0 spiro atoms. The highest BCUT2D eigenvalue weighted by atomic mass is 31.2. The minimum Gasteiger partial charge on any atom is -0.388 e. The highest BCUT2D eigenvalue weighted by Crippen LogP contribution is 2.39. The molecular formula is C18H30N3O4P. The molecule has 1 amide bonds. The first-order chi connectivity index (χ1) is 12.0. The van der Waals surface area contributed by atoms with E-state index in [4.69, 9.17) is 4.74 Å². The first kappa shape index (κ1) is 20.9. The van der Waals surface area contributed by atoms with Crippen molar-refractivity contribution in [1.29, 1.82) is 0 Å². The van der Waals surface area contributed by atoms with E-state index >= 15 is 0 Å². The summed E-state index contributed by atoms with van der Waals surface area (Å²) in [5.41, 5.74) is 0.797. The van der Waals surface area contributed by atoms with Crippen molar-refractivity contribution < 1.29 is 19.7 Å². The Morgan fingerprint density at radius 2 is 2.08 bits per heavy atom. The summed E-state index contributed by atoms with van der Waals surface area (Å²) in [6, 6.07) is 0. The van der Waals surface area contributed by atoms with Crippen LogP contribution in [0.15, 0.2) is 29.2 Å². The maximum atomic E-state index is 11.3. The standard InChI is InChI=1S/C18H30N3O4P/c1-7-13-10-21(11(2)19-17(13)20-12(3)22)18-16(24)15(23)14(25-18)8-9-26(4,5)6/h10,14-16,18,23-24H,2,4,7-9H2,1,3,5-6H3,(H,19,20,22)/t14-,15-,16-,18-/m1/s1. The highest BCUT2D eigenvalue weighted by Gasteiger charge is 2.46. The number of aliphatic hydroxyl groups excluding tert-OH is 2. The van der Waals surface area contributed by atoms with Crippen LogP contribution in [0.25, 0.3) is 0 Å². The number of carbonyl (C=O) groups is 1. The Balaban J connectivity index is 2.16. The highest BCUT2D eigenvalue weighted by molar-refractivity contribution is 7.72. The van der Waals surface area contributed by atoms with Crippen molar-refractivity contribution in [2.24, 2.45) is 4.99 Å². The third-order valence-electron chi connectivity index (χ3n) is 4.44. The Bertz CT molecular complexity index is 682. The lowest BCUT2D eigenvalue weighted by atomic mass is 10.1. The predicted molar refractivity (Wildman–Crippen MR) is 107 cm³/mol. The molecule has 4 atom stereocenters. The first-order valence-corrected chi connectivity index (χ1v) is 11.8. The quantitative estimate of drug-likeness (QED) is 0.619. The molecule has 2 aliphatic rings. The molecule has 8 heteroatoms. The molecule has 0 radical (unpaired) electrons. The minimum atomic E-state index is -1.24. The van der Waals surface area contributed by atoms with E-state index < -0.39 is 31.4 Å². The number of hydrogen-bond acceptors (Lipinski definition) is 6. The van der Waals surface area contributed by atoms with Gasteiger partial charge in [-0.3, -0.25) is 4.79 Å². The number of nitrogens with zero attached hydrogens (tertiary/aromatic N) is 2. The fourth-order valence-corrected chi connectivity index (χ4v) is 3.94. The van der Waals surface area contributed by atoms with Crippen molar-refractivity contribution in [1.82, 2.24) is 10.2 Å². The molecule has 0 saturated carbocycles. The second-order valence-electron chi connectivity index (χ2n) is 7.47. The molecule has 0 aliphatic carbocycles. The molecule has 2 aliphatic heterocycles. The normalized spacial score (nSPS) is 29.5. The Kier molecular flexibility index (Phi) is 6.51. The number of amides is 1. The van der Waals surface area contributed by atoms with Gasteiger partial charge in [0.2, 0.25) is 5.91 Å². The van der Waals surface area contributed by atoms with E-state index in [1.165, 1.54) is 6.92 Å². The van der Waals surface area contributed by atoms with E-state index in [1.54, 1.807) is 11.1 Å². The van der Waals surface area contributed by atoms with Gasteiger partial charge >= 0.3 is 0 Å². The molecule has 146 valence electrons. The number of amidine groups is 1. The van der Waals surface area contributed by atoms with Crippen molar-refractivity contribution in [3.05, 3.63) is 24.2 Å². The van der Waals surface area contributed by atoms with Gasteiger partial charge in [-0.2, -0.15) is 0 Å². The topological polar surface area (TPSA) is 94.4 Å². The van der Waals surface area contributed by atoms with Gasteiger partial charge in [0.25, 0.3) is 0 Å². The average molecular weight is 383 g/mol. The van der Waals surface area contributed by atoms with Crippen molar-refractivity contribution in [2.45, 2.75) is 51.2 Å². The summed E-state index contributed by atoms with van der Waals surface area (Å²) in [7, 11) is 0. The third-order valence-corrected chi connectivity index (χ3v) is 5.91. The SMILES string of the molecule is C=C1N=C(NC(C)=O)C(CC)=CN1[C@@H]1O[C@H](CCP(=C)(C)C)[C@@H](O)[C@H]1O. The summed E-state index contributed by atoms with van der Waals surface area (Å²) in [4.78, 5) is 17.3. The maximum absolute atomic E-state index is 11.3. The number of nitrogens with one attached hydrogen (secondary N) is 1. The van der Waals surface area contributed by atoms with Gasteiger partial charge in [-0.25, -0.2) is 4.99 Å². The summed E-state index contributed by atoms with van der Waals surface area (Å²) >= 11 is 0. The Labute approximate surface area is 155 Å². The van der Waals surface area contributed by atoms with Gasteiger partial charge in [0.1, 0.15) is 23.9 Å². The van der Waals surface area contributed by atoms with Gasteiger partial charge < -0.3 is 25.2 Å². The maximum Gasteiger partial charge on any atom is 0.222 e. The summed E-state index contributed by atoms with van der Waals surface area (Å²) < 4.78 is 5.95. The molecule has 0 aromatic heterocycles. The molecule has 7 nitrogen and oxygen atoms in total. The van der Waals surface area contributed by atoms with Crippen LogP contribution < -0.4 is 5.32 Å². The molecule has 1 fully saturated rings. The van der Waals surface area contributed by atoms with Crippen LogP contribution in [0.5, 0.6) is 0 Å². The second-order valence-corrected chi connectivity index (χ2v) is 11.8. The predicted octanol–water partition coefficient (Wildman–Crippen LogP) is 1.15. The van der Waals surface area contributed by atoms with Gasteiger partial charge in [-0.15, -0.1) is 13.2 Å². The van der Waals surface area contributed by atoms with E-state index in [0.29, 0.717) is 24.5 Å². The fraction of sp³-hybridized carbons (Fsp3) is 0.611. The van der Waals surface area contributed by atoms with E-state index in [1.807, 2.05) is 6.92 Å². The molecular weight excluding hydrogens is 353 g/mol. The van der Waals surface area contributed by atoms with Crippen LogP contribution >= 0.6 is 6.89 Å². The zero-order valence-corrected chi connectivity index (χ0v) is 16.9. The van der Waals surface area contributed by atoms with Crippen LogP contribution in [0.4, 0.5) is 0 Å². The molecule has 0 aromatic carbocycles. The monoisotopic (exact) mass is 383 g/mol. The van der Waals surface area contributed by atoms with Gasteiger partial charge in [0.05, 0.1) is 6.10 Å². The van der Waals surface area contributed by atoms with Crippen LogP contribution in [-0.2, 0) is 9.53 Å². The van der Waals surface area contributed by atoms with Crippen LogP contribution in [0.3, 0.4) is 0 Å². The number of aliphatic hydroxyl groups is 2. The summed E-state index contributed by atoms with van der Waals surface area (Å²) in [5, 5.41) is 23.6. The molecule has 0 unspecified atom stereocenters. The van der Waals surface area contributed by atoms with Crippen molar-refractivity contribution in [3.63, 3.8) is 0 Å². The van der Waals surface area contributed by atoms with Crippen LogP contribution in [-0.4, -0.2) is 77.2 Å². The number of aliphatic imine (C=N–C) groups is 1. The van der Waals surface area contributed by atoms with Crippen LogP contribution in [0.1, 0.15) is 26.7 Å². The zero-order chi connectivity index (χ0) is 19.6. The van der Waals surface area contributed by atoms with E-state index in [2.05, 4.69) is 36.5 Å². The van der Waals surface area contributed by atoms with E-state index in [-0.39, 0.29) is 5.91 Å². The molecule has 1 saturated heterocycles. The van der Waals surface area contributed by atoms with Crippen LogP contribution in [0.2, 0.25) is 0 Å². The molecule has 3 N–H and O–H groups in total. The molecule has 2 rings (SSSR count). The smallest absolute Gasteiger partial charge is 0.222 e. The lowest BCUT2D eigenvalue weighted by Gasteiger charge is -2.33. The largest absolute Gasteiger partial charge is 0.388 e. The number of rotatable bonds is 5. The zero-order valence-electron chi connectivity index (χ0n) is 16.0. The number of ether oxygens (including phenoxy) is 1. The Hall–Kier alpha value is -1.40. The molecule has 26 heavy (non-hydrogen) atoms. The first-order valence-electron chi connectivity index (χ1n) is 8.77. The number of hydrogen-bond donors (Lipinski definition) is 3. The van der Waals surface area contributed by atoms with Gasteiger partial charge in [-0.1, -0.05) is 13.5 Å². The van der Waals surface area contributed by atoms with E-state index in [9.17, 15) is 15.0 Å².